The van der Waals surface area contributed by atoms with Gasteiger partial charge in [0.05, 0.1) is 21.3 Å². The van der Waals surface area contributed by atoms with Gasteiger partial charge in [-0.2, -0.15) is 0 Å². The normalized spacial score (nSPS) is 15.0. The number of fused-ring (bicyclic) bond motifs is 1. The minimum absolute atomic E-state index is 0.218. The van der Waals surface area contributed by atoms with E-state index in [0.717, 1.165) is 31.0 Å². The molecule has 146 valence electrons. The molecule has 0 radical (unpaired) electrons. The number of β-amino-alcohol motifs (C(OH)–C–C–N with tert-alkyl or cyclic N) is 1. The van der Waals surface area contributed by atoms with Crippen LogP contribution in [0.2, 0.25) is 0 Å². The molecule has 1 aliphatic rings. The molecule has 3 rings (SSSR count). The van der Waals surface area contributed by atoms with Gasteiger partial charge in [0.25, 0.3) is 0 Å². The van der Waals surface area contributed by atoms with E-state index in [1.54, 1.807) is 21.3 Å². The number of methoxy groups -OCH3 is 3. The molecule has 0 amide bonds. The summed E-state index contributed by atoms with van der Waals surface area (Å²) in [6.45, 7) is 2.41. The maximum atomic E-state index is 10.4. The second-order valence-corrected chi connectivity index (χ2v) is 6.58. The molecule has 0 aromatic heterocycles. The van der Waals surface area contributed by atoms with Gasteiger partial charge < -0.3 is 24.1 Å². The van der Waals surface area contributed by atoms with E-state index in [1.807, 2.05) is 36.4 Å². The molecule has 0 fully saturated rings. The van der Waals surface area contributed by atoms with Gasteiger partial charge in [-0.15, -0.1) is 0 Å². The maximum Gasteiger partial charge on any atom is 0.161 e. The first-order chi connectivity index (χ1) is 13.1. The van der Waals surface area contributed by atoms with E-state index < -0.39 is 6.10 Å². The molecule has 1 aliphatic heterocycles. The van der Waals surface area contributed by atoms with Crippen LogP contribution in [-0.4, -0.2) is 57.1 Å². The molecule has 2 aromatic carbocycles. The highest BCUT2D eigenvalue weighted by molar-refractivity contribution is 5.48. The number of rotatable bonds is 8. The van der Waals surface area contributed by atoms with Gasteiger partial charge in [0, 0.05) is 19.6 Å². The Morgan fingerprint density at radius 3 is 2.22 bits per heavy atom. The predicted octanol–water partition coefficient (Wildman–Crippen LogP) is 2.51. The van der Waals surface area contributed by atoms with Crippen molar-refractivity contribution in [3.8, 4) is 23.0 Å². The molecular weight excluding hydrogens is 346 g/mol. The van der Waals surface area contributed by atoms with E-state index >= 15 is 0 Å². The molecule has 27 heavy (non-hydrogen) atoms. The van der Waals surface area contributed by atoms with Crippen LogP contribution in [0.1, 0.15) is 11.1 Å². The Morgan fingerprint density at radius 1 is 0.926 bits per heavy atom. The van der Waals surface area contributed by atoms with Gasteiger partial charge in [-0.05, 0) is 41.8 Å². The van der Waals surface area contributed by atoms with Crippen molar-refractivity contribution in [2.45, 2.75) is 19.1 Å². The first kappa shape index (κ1) is 19.3. The Kier molecular flexibility index (Phi) is 6.42. The Balaban J connectivity index is 1.57. The molecule has 1 heterocycles. The van der Waals surface area contributed by atoms with Gasteiger partial charge in [0.15, 0.2) is 23.0 Å². The summed E-state index contributed by atoms with van der Waals surface area (Å²) >= 11 is 0. The standard InChI is InChI=1S/C21H27NO5/c1-24-18-6-4-5-7-19(18)27-14-17(23)13-22-9-8-15-10-20(25-2)21(26-3)11-16(15)12-22/h4-7,10-11,17,23H,8-9,12-14H2,1-3H3/t17-/m1/s1. The van der Waals surface area contributed by atoms with Crippen molar-refractivity contribution in [2.75, 3.05) is 41.0 Å². The molecule has 0 aliphatic carbocycles. The van der Waals surface area contributed by atoms with Crippen LogP contribution < -0.4 is 18.9 Å². The lowest BCUT2D eigenvalue weighted by Crippen LogP contribution is -2.38. The molecule has 1 N–H and O–H groups in total. The number of hydrogen-bond acceptors (Lipinski definition) is 6. The van der Waals surface area contributed by atoms with Crippen molar-refractivity contribution in [3.05, 3.63) is 47.5 Å². The zero-order valence-corrected chi connectivity index (χ0v) is 16.1. The highest BCUT2D eigenvalue weighted by Crippen LogP contribution is 2.33. The fourth-order valence-corrected chi connectivity index (χ4v) is 3.37. The van der Waals surface area contributed by atoms with Crippen molar-refractivity contribution in [2.24, 2.45) is 0 Å². The smallest absolute Gasteiger partial charge is 0.161 e. The highest BCUT2D eigenvalue weighted by Gasteiger charge is 2.21. The second-order valence-electron chi connectivity index (χ2n) is 6.58. The monoisotopic (exact) mass is 373 g/mol. The summed E-state index contributed by atoms with van der Waals surface area (Å²) in [4.78, 5) is 2.23. The van der Waals surface area contributed by atoms with Crippen LogP contribution in [0.4, 0.5) is 0 Å². The van der Waals surface area contributed by atoms with Crippen molar-refractivity contribution < 1.29 is 24.1 Å². The number of hydrogen-bond donors (Lipinski definition) is 1. The van der Waals surface area contributed by atoms with Crippen molar-refractivity contribution in [1.29, 1.82) is 0 Å². The lowest BCUT2D eigenvalue weighted by atomic mass is 9.98. The molecule has 2 aromatic rings. The van der Waals surface area contributed by atoms with Crippen LogP contribution in [0.3, 0.4) is 0 Å². The fraction of sp³-hybridized carbons (Fsp3) is 0.429. The summed E-state index contributed by atoms with van der Waals surface area (Å²) < 4.78 is 21.8. The van der Waals surface area contributed by atoms with Gasteiger partial charge in [0.1, 0.15) is 12.7 Å². The van der Waals surface area contributed by atoms with Crippen LogP contribution in [-0.2, 0) is 13.0 Å². The summed E-state index contributed by atoms with van der Waals surface area (Å²) in [5.74, 6) is 2.80. The third-order valence-electron chi connectivity index (χ3n) is 4.77. The van der Waals surface area contributed by atoms with E-state index in [2.05, 4.69) is 4.90 Å². The van der Waals surface area contributed by atoms with Crippen LogP contribution >= 0.6 is 0 Å². The minimum Gasteiger partial charge on any atom is -0.493 e. The van der Waals surface area contributed by atoms with Crippen molar-refractivity contribution in [1.82, 2.24) is 4.90 Å². The number of aliphatic hydroxyl groups is 1. The topological polar surface area (TPSA) is 60.4 Å². The van der Waals surface area contributed by atoms with E-state index in [4.69, 9.17) is 18.9 Å². The van der Waals surface area contributed by atoms with Crippen LogP contribution in [0, 0.1) is 0 Å². The highest BCUT2D eigenvalue weighted by atomic mass is 16.5. The Labute approximate surface area is 160 Å². The lowest BCUT2D eigenvalue weighted by Gasteiger charge is -2.31. The van der Waals surface area contributed by atoms with Crippen molar-refractivity contribution >= 4 is 0 Å². The number of nitrogens with zero attached hydrogens (tertiary/aromatic N) is 1. The van der Waals surface area contributed by atoms with E-state index in [0.29, 0.717) is 18.0 Å². The lowest BCUT2D eigenvalue weighted by molar-refractivity contribution is 0.0628. The number of aliphatic hydroxyl groups excluding tert-OH is 1. The summed E-state index contributed by atoms with van der Waals surface area (Å²) in [5.41, 5.74) is 2.47. The van der Waals surface area contributed by atoms with Crippen molar-refractivity contribution in [3.63, 3.8) is 0 Å². The average Bonchev–Trinajstić information content (AvgIpc) is 2.71. The molecule has 0 spiro atoms. The molecule has 6 heteroatoms. The third kappa shape index (κ3) is 4.64. The van der Waals surface area contributed by atoms with Gasteiger partial charge in [0.2, 0.25) is 0 Å². The van der Waals surface area contributed by atoms with E-state index in [-0.39, 0.29) is 6.61 Å². The zero-order valence-electron chi connectivity index (χ0n) is 16.1. The van der Waals surface area contributed by atoms with Crippen LogP contribution in [0.5, 0.6) is 23.0 Å². The molecule has 6 nitrogen and oxygen atoms in total. The molecule has 1 atom stereocenters. The summed E-state index contributed by atoms with van der Waals surface area (Å²) in [6.07, 6.45) is 0.326. The Bertz CT molecular complexity index is 764. The number of ether oxygens (including phenoxy) is 4. The quantitative estimate of drug-likeness (QED) is 0.767. The Morgan fingerprint density at radius 2 is 1.56 bits per heavy atom. The second kappa shape index (κ2) is 8.97. The van der Waals surface area contributed by atoms with Crippen LogP contribution in [0.25, 0.3) is 0 Å². The van der Waals surface area contributed by atoms with Gasteiger partial charge in [-0.25, -0.2) is 0 Å². The minimum atomic E-state index is -0.586. The average molecular weight is 373 g/mol. The predicted molar refractivity (Wildman–Crippen MR) is 103 cm³/mol. The summed E-state index contributed by atoms with van der Waals surface area (Å²) in [7, 11) is 4.90. The first-order valence-electron chi connectivity index (χ1n) is 9.04. The first-order valence-corrected chi connectivity index (χ1v) is 9.04. The zero-order chi connectivity index (χ0) is 19.2. The van der Waals surface area contributed by atoms with Gasteiger partial charge in [-0.3, -0.25) is 4.90 Å². The van der Waals surface area contributed by atoms with Gasteiger partial charge in [-0.1, -0.05) is 12.1 Å². The SMILES string of the molecule is COc1cc2c(cc1OC)CN(C[C@@H](O)COc1ccccc1OC)CC2. The summed E-state index contributed by atoms with van der Waals surface area (Å²) in [6, 6.07) is 11.5. The number of benzene rings is 2. The Hall–Kier alpha value is -2.44. The molecular formula is C21H27NO5. The molecule has 0 bridgehead atoms. The van der Waals surface area contributed by atoms with Gasteiger partial charge >= 0.3 is 0 Å². The largest absolute Gasteiger partial charge is 0.493 e. The third-order valence-corrected chi connectivity index (χ3v) is 4.77. The number of para-hydroxylation sites is 2. The van der Waals surface area contributed by atoms with Crippen LogP contribution in [0.15, 0.2) is 36.4 Å². The molecule has 0 saturated heterocycles. The maximum absolute atomic E-state index is 10.4. The van der Waals surface area contributed by atoms with E-state index in [1.165, 1.54) is 11.1 Å². The summed E-state index contributed by atoms with van der Waals surface area (Å²) in [5, 5.41) is 10.4. The fourth-order valence-electron chi connectivity index (χ4n) is 3.37. The van der Waals surface area contributed by atoms with E-state index in [9.17, 15) is 5.11 Å². The molecule has 0 saturated carbocycles. The molecule has 0 unspecified atom stereocenters.